The van der Waals surface area contributed by atoms with Crippen molar-refractivity contribution in [2.75, 3.05) is 5.32 Å². The molecular weight excluding hydrogens is 276 g/mol. The third kappa shape index (κ3) is 3.50. The van der Waals surface area contributed by atoms with Gasteiger partial charge in [-0.15, -0.1) is 11.3 Å². The summed E-state index contributed by atoms with van der Waals surface area (Å²) < 4.78 is 0. The Kier molecular flexibility index (Phi) is 4.32. The summed E-state index contributed by atoms with van der Waals surface area (Å²) in [7, 11) is 0. The van der Waals surface area contributed by atoms with Gasteiger partial charge in [0.05, 0.1) is 5.56 Å². The van der Waals surface area contributed by atoms with Gasteiger partial charge in [0.25, 0.3) is 0 Å². The highest BCUT2D eigenvalue weighted by Crippen LogP contribution is 2.34. The van der Waals surface area contributed by atoms with Gasteiger partial charge in [0.2, 0.25) is 0 Å². The quantitative estimate of drug-likeness (QED) is 0.779. The summed E-state index contributed by atoms with van der Waals surface area (Å²) in [6.45, 7) is 5.58. The van der Waals surface area contributed by atoms with E-state index in [1.807, 2.05) is 13.8 Å². The molecule has 1 atom stereocenters. The van der Waals surface area contributed by atoms with E-state index in [4.69, 9.17) is 0 Å². The fourth-order valence-corrected chi connectivity index (χ4v) is 3.30. The summed E-state index contributed by atoms with van der Waals surface area (Å²) in [6, 6.07) is -0.222. The standard InChI is InChI=1S/C14H20N2O3S/c1-7(6-10-4-5-10)15-14(19)16-12-11(13(17)18)8(2)9(3)20-12/h7,10H,4-6H2,1-3H3,(H,17,18)(H2,15,16,19). The smallest absolute Gasteiger partial charge is 0.338 e. The Morgan fingerprint density at radius 2 is 2.05 bits per heavy atom. The second kappa shape index (κ2) is 5.83. The molecule has 1 aliphatic rings. The zero-order valence-corrected chi connectivity index (χ0v) is 12.8. The first kappa shape index (κ1) is 14.8. The van der Waals surface area contributed by atoms with E-state index in [-0.39, 0.29) is 17.6 Å². The molecular formula is C14H20N2O3S. The number of hydrogen-bond acceptors (Lipinski definition) is 3. The van der Waals surface area contributed by atoms with Crippen LogP contribution >= 0.6 is 11.3 Å². The number of carboxylic acids is 1. The highest BCUT2D eigenvalue weighted by Gasteiger charge is 2.25. The Bertz CT molecular complexity index is 535. The first-order chi connectivity index (χ1) is 9.38. The van der Waals surface area contributed by atoms with Crippen molar-refractivity contribution in [1.82, 2.24) is 5.32 Å². The molecule has 1 fully saturated rings. The summed E-state index contributed by atoms with van der Waals surface area (Å²) in [5.41, 5.74) is 0.904. The van der Waals surface area contributed by atoms with Crippen LogP contribution in [0.3, 0.4) is 0 Å². The van der Waals surface area contributed by atoms with Gasteiger partial charge in [0.15, 0.2) is 0 Å². The molecule has 5 nitrogen and oxygen atoms in total. The van der Waals surface area contributed by atoms with Crippen molar-refractivity contribution in [3.63, 3.8) is 0 Å². The van der Waals surface area contributed by atoms with Gasteiger partial charge in [-0.3, -0.25) is 5.32 Å². The molecule has 3 N–H and O–H groups in total. The number of carboxylic acid groups (broad SMARTS) is 1. The number of aromatic carboxylic acids is 1. The van der Waals surface area contributed by atoms with Crippen molar-refractivity contribution in [2.24, 2.45) is 5.92 Å². The Morgan fingerprint density at radius 3 is 2.60 bits per heavy atom. The van der Waals surface area contributed by atoms with Gasteiger partial charge in [-0.1, -0.05) is 12.8 Å². The number of anilines is 1. The van der Waals surface area contributed by atoms with Gasteiger partial charge in [-0.05, 0) is 38.7 Å². The lowest BCUT2D eigenvalue weighted by Gasteiger charge is -2.13. The summed E-state index contributed by atoms with van der Waals surface area (Å²) >= 11 is 1.30. The number of hydrogen-bond donors (Lipinski definition) is 3. The van der Waals surface area contributed by atoms with Crippen molar-refractivity contribution >= 4 is 28.3 Å². The van der Waals surface area contributed by atoms with Gasteiger partial charge in [-0.2, -0.15) is 0 Å². The molecule has 110 valence electrons. The maximum atomic E-state index is 11.9. The molecule has 0 bridgehead atoms. The summed E-state index contributed by atoms with van der Waals surface area (Å²) in [6.07, 6.45) is 3.49. The maximum Gasteiger partial charge on any atom is 0.338 e. The van der Waals surface area contributed by atoms with Crippen LogP contribution in [0, 0.1) is 19.8 Å². The number of carbonyl (C=O) groups is 2. The minimum Gasteiger partial charge on any atom is -0.478 e. The largest absolute Gasteiger partial charge is 0.478 e. The van der Waals surface area contributed by atoms with Crippen LogP contribution in [-0.2, 0) is 0 Å². The molecule has 1 saturated carbocycles. The third-order valence-electron chi connectivity index (χ3n) is 3.59. The van der Waals surface area contributed by atoms with Gasteiger partial charge < -0.3 is 10.4 Å². The van der Waals surface area contributed by atoms with Gasteiger partial charge in [0.1, 0.15) is 5.00 Å². The Hall–Kier alpha value is -1.56. The Balaban J connectivity index is 1.99. The molecule has 0 radical (unpaired) electrons. The predicted octanol–water partition coefficient (Wildman–Crippen LogP) is 3.37. The fraction of sp³-hybridized carbons (Fsp3) is 0.571. The van der Waals surface area contributed by atoms with Crippen LogP contribution in [0.5, 0.6) is 0 Å². The van der Waals surface area contributed by atoms with Crippen LogP contribution in [0.4, 0.5) is 9.80 Å². The summed E-state index contributed by atoms with van der Waals surface area (Å²) in [5, 5.41) is 15.1. The molecule has 2 rings (SSSR count). The number of nitrogens with one attached hydrogen (secondary N) is 2. The molecule has 0 aromatic carbocycles. The molecule has 1 heterocycles. The Labute approximate surface area is 122 Å². The second-order valence-corrected chi connectivity index (χ2v) is 6.70. The predicted molar refractivity (Wildman–Crippen MR) is 79.7 cm³/mol. The van der Waals surface area contributed by atoms with E-state index in [0.29, 0.717) is 10.6 Å². The molecule has 0 aliphatic heterocycles. The van der Waals surface area contributed by atoms with Crippen molar-refractivity contribution < 1.29 is 14.7 Å². The van der Waals surface area contributed by atoms with Crippen LogP contribution in [0.1, 0.15) is 47.0 Å². The normalized spacial score (nSPS) is 15.8. The van der Waals surface area contributed by atoms with Crippen LogP contribution < -0.4 is 10.6 Å². The summed E-state index contributed by atoms with van der Waals surface area (Å²) in [4.78, 5) is 24.1. The average Bonchev–Trinajstić information content (AvgIpc) is 3.06. The molecule has 0 spiro atoms. The molecule has 1 unspecified atom stereocenters. The van der Waals surface area contributed by atoms with Crippen LogP contribution in [0.2, 0.25) is 0 Å². The Morgan fingerprint density at radius 1 is 1.40 bits per heavy atom. The van der Waals surface area contributed by atoms with Crippen LogP contribution in [-0.4, -0.2) is 23.1 Å². The maximum absolute atomic E-state index is 11.9. The number of thiophene rings is 1. The van der Waals surface area contributed by atoms with Crippen LogP contribution in [0.25, 0.3) is 0 Å². The first-order valence-corrected chi connectivity index (χ1v) is 7.61. The average molecular weight is 296 g/mol. The lowest BCUT2D eigenvalue weighted by Crippen LogP contribution is -2.36. The highest BCUT2D eigenvalue weighted by molar-refractivity contribution is 7.16. The monoisotopic (exact) mass is 296 g/mol. The number of urea groups is 1. The number of aryl methyl sites for hydroxylation is 1. The SMILES string of the molecule is Cc1sc(NC(=O)NC(C)CC2CC2)c(C(=O)O)c1C. The molecule has 20 heavy (non-hydrogen) atoms. The van der Waals surface area contributed by atoms with E-state index < -0.39 is 5.97 Å². The molecule has 1 aromatic heterocycles. The summed E-state index contributed by atoms with van der Waals surface area (Å²) in [5.74, 6) is -0.265. The van der Waals surface area contributed by atoms with E-state index >= 15 is 0 Å². The van der Waals surface area contributed by atoms with Gasteiger partial charge in [0, 0.05) is 10.9 Å². The van der Waals surface area contributed by atoms with E-state index in [1.54, 1.807) is 6.92 Å². The molecule has 6 heteroatoms. The van der Waals surface area contributed by atoms with Crippen molar-refractivity contribution in [3.8, 4) is 0 Å². The van der Waals surface area contributed by atoms with E-state index in [2.05, 4.69) is 10.6 Å². The van der Waals surface area contributed by atoms with Crippen molar-refractivity contribution in [2.45, 2.75) is 46.1 Å². The van der Waals surface area contributed by atoms with Crippen molar-refractivity contribution in [1.29, 1.82) is 0 Å². The van der Waals surface area contributed by atoms with E-state index in [1.165, 1.54) is 24.2 Å². The lowest BCUT2D eigenvalue weighted by molar-refractivity contribution is 0.0697. The minimum absolute atomic E-state index is 0.109. The second-order valence-electron chi connectivity index (χ2n) is 5.47. The molecule has 0 saturated heterocycles. The molecule has 1 aromatic rings. The van der Waals surface area contributed by atoms with Gasteiger partial charge in [-0.25, -0.2) is 9.59 Å². The number of rotatable bonds is 5. The number of carbonyl (C=O) groups excluding carboxylic acids is 1. The number of amides is 2. The lowest BCUT2D eigenvalue weighted by atomic mass is 10.1. The minimum atomic E-state index is -1.01. The fourth-order valence-electron chi connectivity index (χ4n) is 2.25. The highest BCUT2D eigenvalue weighted by atomic mass is 32.1. The molecule has 2 amide bonds. The van der Waals surface area contributed by atoms with E-state index in [9.17, 15) is 14.7 Å². The molecule has 1 aliphatic carbocycles. The zero-order valence-electron chi connectivity index (χ0n) is 11.9. The van der Waals surface area contributed by atoms with Gasteiger partial charge >= 0.3 is 12.0 Å². The first-order valence-electron chi connectivity index (χ1n) is 6.79. The third-order valence-corrected chi connectivity index (χ3v) is 4.71. The zero-order chi connectivity index (χ0) is 14.9. The van der Waals surface area contributed by atoms with E-state index in [0.717, 1.165) is 17.2 Å². The van der Waals surface area contributed by atoms with Crippen LogP contribution in [0.15, 0.2) is 0 Å². The topological polar surface area (TPSA) is 78.4 Å². The van der Waals surface area contributed by atoms with Crippen molar-refractivity contribution in [3.05, 3.63) is 16.0 Å².